The van der Waals surface area contributed by atoms with E-state index in [0.717, 1.165) is 12.0 Å². The Labute approximate surface area is 99.6 Å². The summed E-state index contributed by atoms with van der Waals surface area (Å²) >= 11 is 0. The molecule has 5 heteroatoms. The summed E-state index contributed by atoms with van der Waals surface area (Å²) in [5, 5.41) is 3.92. The van der Waals surface area contributed by atoms with Gasteiger partial charge < -0.3 is 15.0 Å². The third kappa shape index (κ3) is 2.29. The molecule has 0 amide bonds. The minimum absolute atomic E-state index is 0.217. The minimum atomic E-state index is -0.217. The third-order valence-electron chi connectivity index (χ3n) is 2.55. The first-order valence-electron chi connectivity index (χ1n) is 5.48. The van der Waals surface area contributed by atoms with E-state index in [9.17, 15) is 0 Å². The second-order valence-corrected chi connectivity index (χ2v) is 3.67. The van der Waals surface area contributed by atoms with E-state index in [1.807, 2.05) is 31.2 Å². The molecule has 0 radical (unpaired) electrons. The number of rotatable bonds is 4. The summed E-state index contributed by atoms with van der Waals surface area (Å²) in [4.78, 5) is 4.28. The topological polar surface area (TPSA) is 74.2 Å². The third-order valence-corrected chi connectivity index (χ3v) is 2.55. The highest BCUT2D eigenvalue weighted by atomic mass is 16.5. The Morgan fingerprint density at radius 3 is 2.88 bits per heavy atom. The molecule has 2 aromatic rings. The van der Waals surface area contributed by atoms with Crippen LogP contribution in [-0.4, -0.2) is 17.3 Å². The lowest BCUT2D eigenvalue weighted by atomic mass is 10.2. The van der Waals surface area contributed by atoms with Gasteiger partial charge in [-0.1, -0.05) is 24.2 Å². The van der Waals surface area contributed by atoms with Crippen LogP contribution in [0.15, 0.2) is 28.8 Å². The Bertz CT molecular complexity index is 496. The van der Waals surface area contributed by atoms with Gasteiger partial charge in [0.1, 0.15) is 5.75 Å². The summed E-state index contributed by atoms with van der Waals surface area (Å²) in [5.41, 5.74) is 6.63. The zero-order chi connectivity index (χ0) is 12.3. The van der Waals surface area contributed by atoms with Gasteiger partial charge in [-0.2, -0.15) is 4.98 Å². The number of ether oxygens (including phenoxy) is 1. The predicted octanol–water partition coefficient (Wildman–Crippen LogP) is 2.16. The number of para-hydroxylation sites is 1. The average Bonchev–Trinajstić information content (AvgIpc) is 2.87. The molecule has 1 heterocycles. The molecule has 0 aliphatic carbocycles. The number of nitrogens with two attached hydrogens (primary N) is 1. The van der Waals surface area contributed by atoms with E-state index in [2.05, 4.69) is 10.1 Å². The summed E-state index contributed by atoms with van der Waals surface area (Å²) < 4.78 is 10.4. The molecule has 17 heavy (non-hydrogen) atoms. The molecule has 0 fully saturated rings. The molecule has 90 valence electrons. The molecule has 0 unspecified atom stereocenters. The molecule has 0 saturated carbocycles. The van der Waals surface area contributed by atoms with Crippen LogP contribution >= 0.6 is 0 Å². The van der Waals surface area contributed by atoms with Crippen molar-refractivity contribution in [1.29, 1.82) is 0 Å². The van der Waals surface area contributed by atoms with Crippen LogP contribution in [0.5, 0.6) is 5.75 Å². The predicted molar refractivity (Wildman–Crippen MR) is 63.5 cm³/mol. The smallest absolute Gasteiger partial charge is 0.243 e. The van der Waals surface area contributed by atoms with Crippen LogP contribution in [0.1, 0.15) is 25.3 Å². The van der Waals surface area contributed by atoms with Gasteiger partial charge >= 0.3 is 0 Å². The number of hydrogen-bond acceptors (Lipinski definition) is 5. The van der Waals surface area contributed by atoms with Crippen molar-refractivity contribution in [2.45, 2.75) is 19.4 Å². The SMILES string of the molecule is CC[C@@H](N)c1nc(-c2ccccc2OC)no1. The van der Waals surface area contributed by atoms with Crippen molar-refractivity contribution >= 4 is 0 Å². The molecular weight excluding hydrogens is 218 g/mol. The maximum Gasteiger partial charge on any atom is 0.243 e. The fourth-order valence-corrected chi connectivity index (χ4v) is 1.50. The van der Waals surface area contributed by atoms with Gasteiger partial charge in [0.05, 0.1) is 18.7 Å². The van der Waals surface area contributed by atoms with Crippen molar-refractivity contribution < 1.29 is 9.26 Å². The fraction of sp³-hybridized carbons (Fsp3) is 0.333. The lowest BCUT2D eigenvalue weighted by Crippen LogP contribution is -2.08. The number of hydrogen-bond donors (Lipinski definition) is 1. The second-order valence-electron chi connectivity index (χ2n) is 3.67. The number of aromatic nitrogens is 2. The van der Waals surface area contributed by atoms with Crippen molar-refractivity contribution in [2.75, 3.05) is 7.11 Å². The zero-order valence-corrected chi connectivity index (χ0v) is 9.88. The van der Waals surface area contributed by atoms with Crippen LogP contribution in [0.25, 0.3) is 11.4 Å². The van der Waals surface area contributed by atoms with E-state index < -0.39 is 0 Å². The summed E-state index contributed by atoms with van der Waals surface area (Å²) in [6.45, 7) is 1.97. The van der Waals surface area contributed by atoms with E-state index in [0.29, 0.717) is 17.5 Å². The number of nitrogens with zero attached hydrogens (tertiary/aromatic N) is 2. The van der Waals surface area contributed by atoms with Gasteiger partial charge in [0.2, 0.25) is 11.7 Å². The van der Waals surface area contributed by atoms with Crippen LogP contribution in [-0.2, 0) is 0 Å². The maximum atomic E-state index is 5.83. The summed E-state index contributed by atoms with van der Waals surface area (Å²) in [7, 11) is 1.61. The Kier molecular flexibility index (Phi) is 3.39. The highest BCUT2D eigenvalue weighted by Crippen LogP contribution is 2.27. The van der Waals surface area contributed by atoms with E-state index in [1.165, 1.54) is 0 Å². The van der Waals surface area contributed by atoms with Gasteiger partial charge in [0.25, 0.3) is 0 Å². The molecule has 1 aromatic heterocycles. The Balaban J connectivity index is 2.37. The van der Waals surface area contributed by atoms with Gasteiger partial charge in [0, 0.05) is 0 Å². The molecule has 2 N–H and O–H groups in total. The Hall–Kier alpha value is -1.88. The lowest BCUT2D eigenvalue weighted by Gasteiger charge is -2.03. The first-order valence-corrected chi connectivity index (χ1v) is 5.48. The fourth-order valence-electron chi connectivity index (χ4n) is 1.50. The Morgan fingerprint density at radius 2 is 2.18 bits per heavy atom. The standard InChI is InChI=1S/C12H15N3O2/c1-3-9(13)12-14-11(15-17-12)8-6-4-5-7-10(8)16-2/h4-7,9H,3,13H2,1-2H3/t9-/m1/s1. The number of methoxy groups -OCH3 is 1. The van der Waals surface area contributed by atoms with Gasteiger partial charge in [-0.25, -0.2) is 0 Å². The molecule has 0 aliphatic rings. The van der Waals surface area contributed by atoms with Gasteiger partial charge in [-0.3, -0.25) is 0 Å². The van der Waals surface area contributed by atoms with Gasteiger partial charge in [-0.05, 0) is 18.6 Å². The quantitative estimate of drug-likeness (QED) is 0.875. The molecule has 5 nitrogen and oxygen atoms in total. The van der Waals surface area contributed by atoms with Gasteiger partial charge in [0.15, 0.2) is 0 Å². The van der Waals surface area contributed by atoms with Crippen LogP contribution in [0.2, 0.25) is 0 Å². The monoisotopic (exact) mass is 233 g/mol. The number of benzene rings is 1. The molecule has 1 aromatic carbocycles. The molecule has 0 saturated heterocycles. The summed E-state index contributed by atoms with van der Waals surface area (Å²) in [6.07, 6.45) is 0.757. The van der Waals surface area contributed by atoms with E-state index >= 15 is 0 Å². The maximum absolute atomic E-state index is 5.83. The van der Waals surface area contributed by atoms with Crippen molar-refractivity contribution in [2.24, 2.45) is 5.73 Å². The second kappa shape index (κ2) is 4.97. The van der Waals surface area contributed by atoms with Gasteiger partial charge in [-0.15, -0.1) is 0 Å². The molecule has 0 spiro atoms. The van der Waals surface area contributed by atoms with E-state index in [-0.39, 0.29) is 6.04 Å². The molecule has 1 atom stereocenters. The van der Waals surface area contributed by atoms with Crippen molar-refractivity contribution in [3.05, 3.63) is 30.2 Å². The molecule has 0 aliphatic heterocycles. The van der Waals surface area contributed by atoms with E-state index in [4.69, 9.17) is 15.0 Å². The summed E-state index contributed by atoms with van der Waals surface area (Å²) in [5.74, 6) is 1.67. The molecule has 0 bridgehead atoms. The summed E-state index contributed by atoms with van der Waals surface area (Å²) in [6, 6.07) is 7.30. The van der Waals surface area contributed by atoms with Crippen molar-refractivity contribution in [1.82, 2.24) is 10.1 Å². The Morgan fingerprint density at radius 1 is 1.41 bits per heavy atom. The van der Waals surface area contributed by atoms with Crippen LogP contribution in [0, 0.1) is 0 Å². The molecule has 2 rings (SSSR count). The normalized spacial score (nSPS) is 12.4. The largest absolute Gasteiger partial charge is 0.496 e. The van der Waals surface area contributed by atoms with Crippen molar-refractivity contribution in [3.8, 4) is 17.1 Å². The average molecular weight is 233 g/mol. The highest BCUT2D eigenvalue weighted by molar-refractivity contribution is 5.63. The van der Waals surface area contributed by atoms with Crippen LogP contribution in [0.3, 0.4) is 0 Å². The van der Waals surface area contributed by atoms with Crippen molar-refractivity contribution in [3.63, 3.8) is 0 Å². The zero-order valence-electron chi connectivity index (χ0n) is 9.88. The first-order chi connectivity index (χ1) is 8.26. The molecular formula is C12H15N3O2. The van der Waals surface area contributed by atoms with E-state index in [1.54, 1.807) is 7.11 Å². The first kappa shape index (κ1) is 11.6. The van der Waals surface area contributed by atoms with Crippen LogP contribution in [0.4, 0.5) is 0 Å². The minimum Gasteiger partial charge on any atom is -0.496 e. The lowest BCUT2D eigenvalue weighted by molar-refractivity contribution is 0.352. The highest BCUT2D eigenvalue weighted by Gasteiger charge is 2.16. The van der Waals surface area contributed by atoms with Crippen LogP contribution < -0.4 is 10.5 Å².